The van der Waals surface area contributed by atoms with Gasteiger partial charge in [-0.3, -0.25) is 0 Å². The van der Waals surface area contributed by atoms with Gasteiger partial charge in [-0.2, -0.15) is 0 Å². The molecule has 0 aromatic carbocycles. The maximum Gasteiger partial charge on any atom is 0.0810 e. The monoisotopic (exact) mass is 200 g/mol. The Balaban J connectivity index is 1.49. The lowest BCUT2D eigenvalue weighted by atomic mass is 9.96. The second kappa shape index (κ2) is 5.10. The van der Waals surface area contributed by atoms with E-state index < -0.39 is 0 Å². The fourth-order valence-electron chi connectivity index (χ4n) is 1.85. The smallest absolute Gasteiger partial charge is 0.0810 e. The summed E-state index contributed by atoms with van der Waals surface area (Å²) in [5.41, 5.74) is 0. The topological polar surface area (TPSA) is 45.3 Å². The molecule has 0 bridgehead atoms. The number of rotatable bonds is 8. The minimum atomic E-state index is 0.332. The fraction of sp³-hybridized carbons (Fsp3) is 1.00. The normalized spacial score (nSPS) is 31.5. The number of hydrogen-bond donors (Lipinski definition) is 1. The standard InChI is InChI=1S/C11H20O3/c12-6-9(4-5-11-8-14-11)2-1-3-10-7-13-10/h9-12H,1-8H2. The van der Waals surface area contributed by atoms with Gasteiger partial charge in [-0.15, -0.1) is 0 Å². The summed E-state index contributed by atoms with van der Waals surface area (Å²) in [6.07, 6.45) is 6.82. The summed E-state index contributed by atoms with van der Waals surface area (Å²) in [6, 6.07) is 0. The molecule has 2 heterocycles. The zero-order valence-electron chi connectivity index (χ0n) is 8.65. The largest absolute Gasteiger partial charge is 0.396 e. The van der Waals surface area contributed by atoms with Gasteiger partial charge in [0.25, 0.3) is 0 Å². The van der Waals surface area contributed by atoms with Crippen molar-refractivity contribution >= 4 is 0 Å². The zero-order chi connectivity index (χ0) is 9.80. The summed E-state index contributed by atoms with van der Waals surface area (Å²) in [6.45, 7) is 2.23. The Morgan fingerprint density at radius 3 is 2.29 bits per heavy atom. The number of aliphatic hydroxyl groups excluding tert-OH is 1. The van der Waals surface area contributed by atoms with E-state index in [-0.39, 0.29) is 0 Å². The van der Waals surface area contributed by atoms with E-state index in [0.29, 0.717) is 24.7 Å². The number of hydrogen-bond acceptors (Lipinski definition) is 3. The van der Waals surface area contributed by atoms with Crippen LogP contribution >= 0.6 is 0 Å². The van der Waals surface area contributed by atoms with Crippen LogP contribution in [0.3, 0.4) is 0 Å². The summed E-state index contributed by atoms with van der Waals surface area (Å²) in [4.78, 5) is 0. The van der Waals surface area contributed by atoms with Crippen molar-refractivity contribution in [1.82, 2.24) is 0 Å². The first-order chi connectivity index (χ1) is 6.88. The number of aliphatic hydroxyl groups is 1. The number of ether oxygens (including phenoxy) is 2. The van der Waals surface area contributed by atoms with Gasteiger partial charge in [-0.05, 0) is 31.6 Å². The van der Waals surface area contributed by atoms with Crippen molar-refractivity contribution in [3.8, 4) is 0 Å². The van der Waals surface area contributed by atoms with Crippen LogP contribution in [0, 0.1) is 5.92 Å². The van der Waals surface area contributed by atoms with Crippen molar-refractivity contribution < 1.29 is 14.6 Å². The molecule has 14 heavy (non-hydrogen) atoms. The fourth-order valence-corrected chi connectivity index (χ4v) is 1.85. The maximum absolute atomic E-state index is 9.17. The molecular formula is C11H20O3. The molecule has 0 amide bonds. The minimum absolute atomic E-state index is 0.332. The lowest BCUT2D eigenvalue weighted by molar-refractivity contribution is 0.200. The van der Waals surface area contributed by atoms with Crippen LogP contribution in [0.15, 0.2) is 0 Å². The predicted molar refractivity (Wildman–Crippen MR) is 53.1 cm³/mol. The molecule has 3 nitrogen and oxygen atoms in total. The SMILES string of the molecule is OCC(CCCC1CO1)CCC1CO1. The molecule has 0 saturated carbocycles. The molecule has 0 spiro atoms. The Hall–Kier alpha value is -0.120. The molecule has 3 unspecified atom stereocenters. The molecule has 2 rings (SSSR count). The van der Waals surface area contributed by atoms with Crippen molar-refractivity contribution in [3.63, 3.8) is 0 Å². The van der Waals surface area contributed by atoms with Crippen LogP contribution in [-0.2, 0) is 9.47 Å². The Morgan fingerprint density at radius 2 is 1.71 bits per heavy atom. The highest BCUT2D eigenvalue weighted by Crippen LogP contribution is 2.24. The molecule has 1 N–H and O–H groups in total. The van der Waals surface area contributed by atoms with Gasteiger partial charge in [0.1, 0.15) is 0 Å². The van der Waals surface area contributed by atoms with Gasteiger partial charge in [0, 0.05) is 6.61 Å². The molecule has 3 heteroatoms. The third-order valence-corrected chi connectivity index (χ3v) is 3.10. The molecule has 0 aromatic rings. The van der Waals surface area contributed by atoms with Crippen LogP contribution in [0.25, 0.3) is 0 Å². The first-order valence-corrected chi connectivity index (χ1v) is 5.72. The molecule has 82 valence electrons. The Bertz CT molecular complexity index is 164. The number of epoxide rings is 2. The van der Waals surface area contributed by atoms with Crippen LogP contribution in [0.5, 0.6) is 0 Å². The first kappa shape index (κ1) is 10.4. The van der Waals surface area contributed by atoms with Crippen molar-refractivity contribution in [3.05, 3.63) is 0 Å². The van der Waals surface area contributed by atoms with Crippen LogP contribution in [0.1, 0.15) is 32.1 Å². The highest BCUT2D eigenvalue weighted by molar-refractivity contribution is 4.73. The van der Waals surface area contributed by atoms with E-state index in [4.69, 9.17) is 14.6 Å². The van der Waals surface area contributed by atoms with Crippen LogP contribution in [0.2, 0.25) is 0 Å². The van der Waals surface area contributed by atoms with Crippen LogP contribution < -0.4 is 0 Å². The first-order valence-electron chi connectivity index (χ1n) is 5.72. The molecule has 2 aliphatic rings. The van der Waals surface area contributed by atoms with E-state index in [0.717, 1.165) is 32.5 Å². The van der Waals surface area contributed by atoms with Gasteiger partial charge >= 0.3 is 0 Å². The van der Waals surface area contributed by atoms with Crippen molar-refractivity contribution in [1.29, 1.82) is 0 Å². The molecule has 2 aliphatic heterocycles. The summed E-state index contributed by atoms with van der Waals surface area (Å²) >= 11 is 0. The van der Waals surface area contributed by atoms with Gasteiger partial charge in [-0.25, -0.2) is 0 Å². The quantitative estimate of drug-likeness (QED) is 0.601. The van der Waals surface area contributed by atoms with Gasteiger partial charge in [0.15, 0.2) is 0 Å². The lowest BCUT2D eigenvalue weighted by Crippen LogP contribution is -2.07. The maximum atomic E-state index is 9.17. The molecule has 3 atom stereocenters. The van der Waals surface area contributed by atoms with E-state index in [1.165, 1.54) is 12.8 Å². The molecule has 2 saturated heterocycles. The van der Waals surface area contributed by atoms with Crippen molar-refractivity contribution in [2.45, 2.75) is 44.3 Å². The van der Waals surface area contributed by atoms with Gasteiger partial charge in [0.05, 0.1) is 25.4 Å². The third-order valence-electron chi connectivity index (χ3n) is 3.10. The molecule has 2 fully saturated rings. The van der Waals surface area contributed by atoms with Crippen molar-refractivity contribution in [2.24, 2.45) is 5.92 Å². The second-order valence-corrected chi connectivity index (χ2v) is 4.47. The van der Waals surface area contributed by atoms with Gasteiger partial charge in [-0.1, -0.05) is 6.42 Å². The lowest BCUT2D eigenvalue weighted by Gasteiger charge is -2.12. The highest BCUT2D eigenvalue weighted by Gasteiger charge is 2.24. The Morgan fingerprint density at radius 1 is 1.07 bits per heavy atom. The van der Waals surface area contributed by atoms with Crippen molar-refractivity contribution in [2.75, 3.05) is 19.8 Å². The van der Waals surface area contributed by atoms with Gasteiger partial charge < -0.3 is 14.6 Å². The van der Waals surface area contributed by atoms with E-state index in [1.54, 1.807) is 0 Å². The highest BCUT2D eigenvalue weighted by atomic mass is 16.6. The predicted octanol–water partition coefficient (Wildman–Crippen LogP) is 1.34. The van der Waals surface area contributed by atoms with Gasteiger partial charge in [0.2, 0.25) is 0 Å². The third kappa shape index (κ3) is 3.95. The van der Waals surface area contributed by atoms with E-state index in [9.17, 15) is 0 Å². The summed E-state index contributed by atoms with van der Waals surface area (Å²) in [7, 11) is 0. The molecule has 0 radical (unpaired) electrons. The molecular weight excluding hydrogens is 180 g/mol. The summed E-state index contributed by atoms with van der Waals surface area (Å²) < 4.78 is 10.3. The zero-order valence-corrected chi connectivity index (χ0v) is 8.65. The van der Waals surface area contributed by atoms with E-state index in [1.807, 2.05) is 0 Å². The second-order valence-electron chi connectivity index (χ2n) is 4.47. The van der Waals surface area contributed by atoms with Crippen LogP contribution in [-0.4, -0.2) is 37.1 Å². The average Bonchev–Trinajstić information content (AvgIpc) is 3.01. The minimum Gasteiger partial charge on any atom is -0.396 e. The summed E-state index contributed by atoms with van der Waals surface area (Å²) in [5.74, 6) is 0.484. The summed E-state index contributed by atoms with van der Waals surface area (Å²) in [5, 5.41) is 9.17. The Labute approximate surface area is 85.4 Å². The Kier molecular flexibility index (Phi) is 3.79. The van der Waals surface area contributed by atoms with E-state index in [2.05, 4.69) is 0 Å². The van der Waals surface area contributed by atoms with Crippen LogP contribution in [0.4, 0.5) is 0 Å². The van der Waals surface area contributed by atoms with E-state index >= 15 is 0 Å². The average molecular weight is 200 g/mol. The molecule has 0 aromatic heterocycles. The molecule has 0 aliphatic carbocycles.